The smallest absolute Gasteiger partial charge is 0.181 e. The Kier molecular flexibility index (Phi) is 3.25. The van der Waals surface area contributed by atoms with E-state index in [1.54, 1.807) is 0 Å². The van der Waals surface area contributed by atoms with E-state index >= 15 is 0 Å². The Labute approximate surface area is 165 Å². The third-order valence-electron chi connectivity index (χ3n) is 6.14. The summed E-state index contributed by atoms with van der Waals surface area (Å²) in [5, 5.41) is 7.26. The number of aromatic nitrogens is 1. The largest absolute Gasteiger partial charge is 0.361 e. The molecule has 2 heterocycles. The summed E-state index contributed by atoms with van der Waals surface area (Å²) in [6, 6.07) is 38.1. The molecular weight excluding hydrogens is 354 g/mol. The Hall–Kier alpha value is -3.36. The van der Waals surface area contributed by atoms with Crippen molar-refractivity contribution in [3.63, 3.8) is 0 Å². The van der Waals surface area contributed by atoms with Gasteiger partial charge in [-0.2, -0.15) is 0 Å². The van der Waals surface area contributed by atoms with Crippen molar-refractivity contribution in [1.82, 2.24) is 4.98 Å². The van der Waals surface area contributed by atoms with Crippen LogP contribution in [0.2, 0.25) is 0 Å². The highest BCUT2D eigenvalue weighted by molar-refractivity contribution is 7.23. The van der Waals surface area contributed by atoms with Gasteiger partial charge in [-0.05, 0) is 44.0 Å². The Morgan fingerprint density at radius 3 is 1.89 bits per heavy atom. The highest BCUT2D eigenvalue weighted by Gasteiger charge is 2.49. The first-order valence-electron chi connectivity index (χ1n) is 9.72. The number of nitrogens with one attached hydrogen (secondary N) is 1. The van der Waals surface area contributed by atoms with E-state index in [2.05, 4.69) is 114 Å². The van der Waals surface area contributed by atoms with Gasteiger partial charge in [-0.15, -0.1) is 0 Å². The summed E-state index contributed by atoms with van der Waals surface area (Å²) in [5.74, 6) is 0. The highest BCUT2D eigenvalue weighted by atomic mass is 28.3. The molecular formula is C26H19NSi. The zero-order valence-electron chi connectivity index (χ0n) is 15.4. The number of rotatable bonds is 2. The maximum absolute atomic E-state index is 3.44. The van der Waals surface area contributed by atoms with Gasteiger partial charge in [0.2, 0.25) is 0 Å². The molecule has 132 valence electrons. The van der Waals surface area contributed by atoms with Crippen LogP contribution in [0.4, 0.5) is 0 Å². The molecule has 1 N–H and O–H groups in total. The first-order chi connectivity index (χ1) is 13.9. The molecule has 0 bridgehead atoms. The summed E-state index contributed by atoms with van der Waals surface area (Å²) in [4.78, 5) is 3.44. The molecule has 1 aliphatic heterocycles. The number of aromatic amines is 1. The lowest BCUT2D eigenvalue weighted by Crippen LogP contribution is -2.72. The summed E-state index contributed by atoms with van der Waals surface area (Å²) in [7, 11) is -2.37. The van der Waals surface area contributed by atoms with Gasteiger partial charge in [0.25, 0.3) is 0 Å². The zero-order chi connectivity index (χ0) is 18.6. The average Bonchev–Trinajstić information content (AvgIpc) is 3.36. The van der Waals surface area contributed by atoms with E-state index in [9.17, 15) is 0 Å². The number of hydrogen-bond donors (Lipinski definition) is 1. The summed E-state index contributed by atoms with van der Waals surface area (Å²) in [6.07, 6.45) is 2.07. The second-order valence-electron chi connectivity index (χ2n) is 7.45. The molecule has 2 heteroatoms. The molecule has 0 unspecified atom stereocenters. The summed E-state index contributed by atoms with van der Waals surface area (Å²) >= 11 is 0. The van der Waals surface area contributed by atoms with Crippen molar-refractivity contribution in [3.8, 4) is 11.1 Å². The van der Waals surface area contributed by atoms with Crippen molar-refractivity contribution in [1.29, 1.82) is 0 Å². The van der Waals surface area contributed by atoms with Gasteiger partial charge in [-0.3, -0.25) is 0 Å². The van der Waals surface area contributed by atoms with E-state index in [4.69, 9.17) is 0 Å². The minimum absolute atomic E-state index is 1.22. The quantitative estimate of drug-likeness (QED) is 0.447. The van der Waals surface area contributed by atoms with Gasteiger partial charge in [-0.25, -0.2) is 0 Å². The number of fused-ring (bicyclic) bond motifs is 5. The van der Waals surface area contributed by atoms with Crippen molar-refractivity contribution in [2.45, 2.75) is 0 Å². The molecule has 0 amide bonds. The summed E-state index contributed by atoms with van der Waals surface area (Å²) < 4.78 is 0. The van der Waals surface area contributed by atoms with Crippen LogP contribution in [-0.4, -0.2) is 13.1 Å². The van der Waals surface area contributed by atoms with E-state index in [0.717, 1.165) is 0 Å². The van der Waals surface area contributed by atoms with Gasteiger partial charge >= 0.3 is 0 Å². The van der Waals surface area contributed by atoms with Gasteiger partial charge in [0, 0.05) is 17.1 Å². The van der Waals surface area contributed by atoms with Crippen molar-refractivity contribution in [2.24, 2.45) is 0 Å². The van der Waals surface area contributed by atoms with Crippen molar-refractivity contribution < 1.29 is 0 Å². The second-order valence-corrected chi connectivity index (χ2v) is 11.1. The predicted molar refractivity (Wildman–Crippen MR) is 121 cm³/mol. The highest BCUT2D eigenvalue weighted by Crippen LogP contribution is 2.31. The SMILES string of the molecule is c1ccc([Si]2(c3ccccc3)c3ccccc3-c3ccc4[nH]ccc4c32)cc1. The molecule has 6 rings (SSSR count). The molecule has 5 aromatic rings. The Bertz CT molecular complexity index is 1260. The molecule has 0 fully saturated rings. The summed E-state index contributed by atoms with van der Waals surface area (Å²) in [6.45, 7) is 0. The Morgan fingerprint density at radius 1 is 0.536 bits per heavy atom. The second kappa shape index (κ2) is 5.82. The van der Waals surface area contributed by atoms with E-state index in [1.807, 2.05) is 0 Å². The molecule has 4 aromatic carbocycles. The molecule has 1 aliphatic rings. The molecule has 28 heavy (non-hydrogen) atoms. The molecule has 0 spiro atoms. The Morgan fingerprint density at radius 2 is 1.18 bits per heavy atom. The van der Waals surface area contributed by atoms with Crippen LogP contribution in [-0.2, 0) is 0 Å². The van der Waals surface area contributed by atoms with Gasteiger partial charge in [0.15, 0.2) is 8.07 Å². The standard InChI is InChI=1S/C26H19NSi/c1-3-9-19(10-4-1)28(20-11-5-2-6-12-20)25-14-8-7-13-21(25)22-15-16-24-23(26(22)28)17-18-27-24/h1-18,27H. The molecule has 0 atom stereocenters. The first-order valence-corrected chi connectivity index (χ1v) is 11.7. The van der Waals surface area contributed by atoms with Crippen LogP contribution >= 0.6 is 0 Å². The van der Waals surface area contributed by atoms with Crippen LogP contribution in [0, 0.1) is 0 Å². The summed E-state index contributed by atoms with van der Waals surface area (Å²) in [5.41, 5.74) is 4.00. The van der Waals surface area contributed by atoms with Gasteiger partial charge in [-0.1, -0.05) is 91.0 Å². The molecule has 1 aromatic heterocycles. The van der Waals surface area contributed by atoms with Crippen molar-refractivity contribution in [3.05, 3.63) is 109 Å². The average molecular weight is 374 g/mol. The molecule has 1 nitrogen and oxygen atoms in total. The maximum Gasteiger partial charge on any atom is 0.181 e. The van der Waals surface area contributed by atoms with E-state index < -0.39 is 8.07 Å². The lowest BCUT2D eigenvalue weighted by Gasteiger charge is -2.31. The van der Waals surface area contributed by atoms with Crippen LogP contribution in [0.1, 0.15) is 0 Å². The lowest BCUT2D eigenvalue weighted by molar-refractivity contribution is 1.48. The van der Waals surface area contributed by atoms with Crippen molar-refractivity contribution >= 4 is 39.7 Å². The fraction of sp³-hybridized carbons (Fsp3) is 0. The topological polar surface area (TPSA) is 15.8 Å². The predicted octanol–water partition coefficient (Wildman–Crippen LogP) is 3.53. The first kappa shape index (κ1) is 15.7. The monoisotopic (exact) mass is 373 g/mol. The number of H-pyrrole nitrogens is 1. The minimum Gasteiger partial charge on any atom is -0.361 e. The normalized spacial score (nSPS) is 14.0. The number of benzene rings is 4. The maximum atomic E-state index is 3.44. The van der Waals surface area contributed by atoms with Crippen LogP contribution in [0.3, 0.4) is 0 Å². The Balaban J connectivity index is 1.88. The molecule has 0 saturated carbocycles. The van der Waals surface area contributed by atoms with Gasteiger partial charge < -0.3 is 4.98 Å². The van der Waals surface area contributed by atoms with E-state index in [-0.39, 0.29) is 0 Å². The fourth-order valence-corrected chi connectivity index (χ4v) is 10.5. The van der Waals surface area contributed by atoms with E-state index in [0.29, 0.717) is 0 Å². The van der Waals surface area contributed by atoms with Gasteiger partial charge in [0.1, 0.15) is 0 Å². The number of hydrogen-bond acceptors (Lipinski definition) is 0. The van der Waals surface area contributed by atoms with Crippen LogP contribution in [0.15, 0.2) is 109 Å². The minimum atomic E-state index is -2.37. The zero-order valence-corrected chi connectivity index (χ0v) is 16.4. The lowest BCUT2D eigenvalue weighted by atomic mass is 10.0. The molecule has 0 radical (unpaired) electrons. The van der Waals surface area contributed by atoms with Crippen molar-refractivity contribution in [2.75, 3.05) is 0 Å². The van der Waals surface area contributed by atoms with Crippen LogP contribution in [0.5, 0.6) is 0 Å². The van der Waals surface area contributed by atoms with Crippen LogP contribution < -0.4 is 20.7 Å². The molecule has 0 aliphatic carbocycles. The third-order valence-corrected chi connectivity index (χ3v) is 11.1. The van der Waals surface area contributed by atoms with Gasteiger partial charge in [0.05, 0.1) is 0 Å². The van der Waals surface area contributed by atoms with E-state index in [1.165, 1.54) is 42.8 Å². The van der Waals surface area contributed by atoms with Crippen LogP contribution in [0.25, 0.3) is 22.0 Å². The fourth-order valence-electron chi connectivity index (χ4n) is 5.08. The molecule has 0 saturated heterocycles. The third kappa shape index (κ3) is 1.90.